The van der Waals surface area contributed by atoms with E-state index >= 15 is 0 Å². The van der Waals surface area contributed by atoms with Crippen LogP contribution in [0.3, 0.4) is 0 Å². The fourth-order valence-corrected chi connectivity index (χ4v) is 3.13. The Labute approximate surface area is 140 Å². The molecule has 0 heterocycles. The van der Waals surface area contributed by atoms with Crippen LogP contribution in [0.4, 0.5) is 0 Å². The lowest BCUT2D eigenvalue weighted by molar-refractivity contribution is -0.118. The van der Waals surface area contributed by atoms with Crippen molar-refractivity contribution in [2.75, 3.05) is 0 Å². The summed E-state index contributed by atoms with van der Waals surface area (Å²) in [4.78, 5) is 11.2. The predicted octanol–water partition coefficient (Wildman–Crippen LogP) is 3.90. The molecule has 0 bridgehead atoms. The maximum Gasteiger partial charge on any atom is 0.218 e. The highest BCUT2D eigenvalue weighted by molar-refractivity contribution is 5.92. The van der Waals surface area contributed by atoms with Crippen molar-refractivity contribution in [3.05, 3.63) is 60.2 Å². The number of carbonyl (C=O) groups is 1. The molecule has 4 N–H and O–H groups in total. The summed E-state index contributed by atoms with van der Waals surface area (Å²) < 4.78 is 0. The summed E-state index contributed by atoms with van der Waals surface area (Å²) in [6.07, 6.45) is 0.182. The largest absolute Gasteiger partial charge is 0.508 e. The minimum Gasteiger partial charge on any atom is -0.508 e. The van der Waals surface area contributed by atoms with Crippen LogP contribution < -0.4 is 5.73 Å². The molecule has 0 fully saturated rings. The Morgan fingerprint density at radius 1 is 1.04 bits per heavy atom. The standard InChI is InChI=1S/C20H19NO3/c1-12(9-19(21)24)20-17-7-5-14(10-15(17)6-8-18(20)23)13-3-2-4-16(22)11-13/h2-8,10-12,22-23H,9H2,1H3,(H2,21,24). The van der Waals surface area contributed by atoms with Crippen LogP contribution in [0.25, 0.3) is 21.9 Å². The van der Waals surface area contributed by atoms with E-state index in [2.05, 4.69) is 0 Å². The molecule has 0 spiro atoms. The molecule has 0 saturated heterocycles. The van der Waals surface area contributed by atoms with Crippen molar-refractivity contribution in [1.29, 1.82) is 0 Å². The van der Waals surface area contributed by atoms with Crippen LogP contribution in [0, 0.1) is 0 Å². The highest BCUT2D eigenvalue weighted by atomic mass is 16.3. The predicted molar refractivity (Wildman–Crippen MR) is 94.9 cm³/mol. The first kappa shape index (κ1) is 15.9. The van der Waals surface area contributed by atoms with Gasteiger partial charge in [-0.1, -0.05) is 37.3 Å². The maximum absolute atomic E-state index is 11.2. The van der Waals surface area contributed by atoms with E-state index in [4.69, 9.17) is 5.73 Å². The highest BCUT2D eigenvalue weighted by Crippen LogP contribution is 2.36. The molecule has 0 aromatic heterocycles. The van der Waals surface area contributed by atoms with Gasteiger partial charge in [-0.3, -0.25) is 4.79 Å². The van der Waals surface area contributed by atoms with Crippen molar-refractivity contribution in [3.8, 4) is 22.6 Å². The molecule has 0 radical (unpaired) electrons. The molecular weight excluding hydrogens is 302 g/mol. The minimum atomic E-state index is -0.393. The Balaban J connectivity index is 2.12. The van der Waals surface area contributed by atoms with Gasteiger partial charge in [0.1, 0.15) is 11.5 Å². The Morgan fingerprint density at radius 3 is 2.50 bits per heavy atom. The van der Waals surface area contributed by atoms with E-state index in [1.54, 1.807) is 24.3 Å². The van der Waals surface area contributed by atoms with Gasteiger partial charge in [0, 0.05) is 12.0 Å². The monoisotopic (exact) mass is 321 g/mol. The quantitative estimate of drug-likeness (QED) is 0.681. The van der Waals surface area contributed by atoms with Crippen LogP contribution in [0.2, 0.25) is 0 Å². The molecule has 1 atom stereocenters. The zero-order valence-corrected chi connectivity index (χ0v) is 13.4. The number of aromatic hydroxyl groups is 2. The fourth-order valence-electron chi connectivity index (χ4n) is 3.13. The Kier molecular flexibility index (Phi) is 4.13. The molecule has 4 heteroatoms. The zero-order valence-electron chi connectivity index (χ0n) is 13.4. The lowest BCUT2D eigenvalue weighted by Crippen LogP contribution is -2.14. The van der Waals surface area contributed by atoms with Gasteiger partial charge in [0.2, 0.25) is 5.91 Å². The highest BCUT2D eigenvalue weighted by Gasteiger charge is 2.16. The molecule has 3 aromatic rings. The number of phenols is 2. The lowest BCUT2D eigenvalue weighted by Gasteiger charge is -2.16. The Morgan fingerprint density at radius 2 is 1.79 bits per heavy atom. The molecule has 1 amide bonds. The molecule has 0 aliphatic rings. The van der Waals surface area contributed by atoms with Crippen LogP contribution in [-0.2, 0) is 4.79 Å². The van der Waals surface area contributed by atoms with Gasteiger partial charge in [-0.05, 0) is 52.1 Å². The molecule has 1 unspecified atom stereocenters. The zero-order chi connectivity index (χ0) is 17.3. The van der Waals surface area contributed by atoms with Gasteiger partial charge in [-0.15, -0.1) is 0 Å². The van der Waals surface area contributed by atoms with Gasteiger partial charge in [0.25, 0.3) is 0 Å². The second-order valence-corrected chi connectivity index (χ2v) is 6.06. The number of hydrogen-bond donors (Lipinski definition) is 3. The van der Waals surface area contributed by atoms with E-state index in [0.29, 0.717) is 0 Å². The van der Waals surface area contributed by atoms with Crippen LogP contribution in [-0.4, -0.2) is 16.1 Å². The average molecular weight is 321 g/mol. The van der Waals surface area contributed by atoms with E-state index in [-0.39, 0.29) is 23.8 Å². The van der Waals surface area contributed by atoms with Crippen LogP contribution in [0.5, 0.6) is 11.5 Å². The van der Waals surface area contributed by atoms with E-state index in [0.717, 1.165) is 27.5 Å². The molecule has 0 aliphatic carbocycles. The third-order valence-corrected chi connectivity index (χ3v) is 4.22. The molecular formula is C20H19NO3. The van der Waals surface area contributed by atoms with Gasteiger partial charge < -0.3 is 15.9 Å². The molecule has 3 rings (SSSR count). The van der Waals surface area contributed by atoms with Crippen molar-refractivity contribution in [1.82, 2.24) is 0 Å². The third kappa shape index (κ3) is 3.04. The van der Waals surface area contributed by atoms with Gasteiger partial charge in [0.05, 0.1) is 0 Å². The number of amides is 1. The molecule has 24 heavy (non-hydrogen) atoms. The van der Waals surface area contributed by atoms with E-state index < -0.39 is 5.91 Å². The Bertz CT molecular complexity index is 918. The van der Waals surface area contributed by atoms with E-state index in [1.807, 2.05) is 37.3 Å². The number of fused-ring (bicyclic) bond motifs is 1. The first-order valence-corrected chi connectivity index (χ1v) is 7.79. The molecule has 4 nitrogen and oxygen atoms in total. The lowest BCUT2D eigenvalue weighted by atomic mass is 9.90. The van der Waals surface area contributed by atoms with E-state index in [9.17, 15) is 15.0 Å². The summed E-state index contributed by atoms with van der Waals surface area (Å²) in [6.45, 7) is 1.88. The van der Waals surface area contributed by atoms with Crippen molar-refractivity contribution in [2.24, 2.45) is 5.73 Å². The van der Waals surface area contributed by atoms with Crippen LogP contribution in [0.15, 0.2) is 54.6 Å². The van der Waals surface area contributed by atoms with Crippen molar-refractivity contribution >= 4 is 16.7 Å². The summed E-state index contributed by atoms with van der Waals surface area (Å²) in [5, 5.41) is 21.7. The molecule has 0 aliphatic heterocycles. The summed E-state index contributed by atoms with van der Waals surface area (Å²) in [7, 11) is 0. The van der Waals surface area contributed by atoms with Crippen LogP contribution >= 0.6 is 0 Å². The van der Waals surface area contributed by atoms with Gasteiger partial charge in [0.15, 0.2) is 0 Å². The smallest absolute Gasteiger partial charge is 0.218 e. The van der Waals surface area contributed by atoms with Gasteiger partial charge >= 0.3 is 0 Å². The van der Waals surface area contributed by atoms with Crippen molar-refractivity contribution in [2.45, 2.75) is 19.3 Å². The number of phenolic OH excluding ortho intramolecular Hbond substituents is 2. The molecule has 0 saturated carbocycles. The van der Waals surface area contributed by atoms with Crippen molar-refractivity contribution < 1.29 is 15.0 Å². The van der Waals surface area contributed by atoms with E-state index in [1.165, 1.54) is 0 Å². The normalized spacial score (nSPS) is 12.2. The molecule has 122 valence electrons. The first-order valence-electron chi connectivity index (χ1n) is 7.79. The SMILES string of the molecule is CC(CC(N)=O)c1c(O)ccc2cc(-c3cccc(O)c3)ccc12. The topological polar surface area (TPSA) is 83.6 Å². The minimum absolute atomic E-state index is 0.168. The number of hydrogen-bond acceptors (Lipinski definition) is 3. The van der Waals surface area contributed by atoms with Crippen molar-refractivity contribution in [3.63, 3.8) is 0 Å². The second-order valence-electron chi connectivity index (χ2n) is 6.06. The molecule has 3 aromatic carbocycles. The average Bonchev–Trinajstić information content (AvgIpc) is 2.53. The number of primary amides is 1. The number of carbonyl (C=O) groups excluding carboxylic acids is 1. The third-order valence-electron chi connectivity index (χ3n) is 4.22. The fraction of sp³-hybridized carbons (Fsp3) is 0.150. The van der Waals surface area contributed by atoms with Crippen LogP contribution in [0.1, 0.15) is 24.8 Å². The van der Waals surface area contributed by atoms with Gasteiger partial charge in [-0.2, -0.15) is 0 Å². The summed E-state index contributed by atoms with van der Waals surface area (Å²) in [6, 6.07) is 16.4. The Hall–Kier alpha value is -3.01. The summed E-state index contributed by atoms with van der Waals surface area (Å²) in [5.41, 5.74) is 7.91. The summed E-state index contributed by atoms with van der Waals surface area (Å²) >= 11 is 0. The first-order chi connectivity index (χ1) is 11.5. The van der Waals surface area contributed by atoms with Gasteiger partial charge in [-0.25, -0.2) is 0 Å². The summed E-state index contributed by atoms with van der Waals surface area (Å²) in [5.74, 6) is -0.177. The second kappa shape index (κ2) is 6.24. The number of nitrogens with two attached hydrogens (primary N) is 1. The number of benzene rings is 3. The maximum atomic E-state index is 11.2. The number of rotatable bonds is 4.